The first-order valence-electron chi connectivity index (χ1n) is 10.0. The molecule has 1 saturated heterocycles. The number of halogens is 1. The van der Waals surface area contributed by atoms with Crippen molar-refractivity contribution in [1.82, 2.24) is 4.90 Å². The Morgan fingerprint density at radius 1 is 1.10 bits per heavy atom. The number of hydrogen-bond donors (Lipinski definition) is 1. The fourth-order valence-electron chi connectivity index (χ4n) is 4.64. The van der Waals surface area contributed by atoms with Crippen LogP contribution in [0.15, 0.2) is 48.5 Å². The number of nitrogens with one attached hydrogen (secondary N) is 1. The van der Waals surface area contributed by atoms with Crippen molar-refractivity contribution >= 4 is 17.5 Å². The van der Waals surface area contributed by atoms with Crippen molar-refractivity contribution in [3.05, 3.63) is 65.5 Å². The molecule has 0 aromatic heterocycles. The van der Waals surface area contributed by atoms with Crippen LogP contribution in [0, 0.1) is 24.1 Å². The molecule has 1 heterocycles. The van der Waals surface area contributed by atoms with Crippen LogP contribution < -0.4 is 5.32 Å². The number of terminal acetylenes is 1. The lowest BCUT2D eigenvalue weighted by Crippen LogP contribution is -2.47. The average Bonchev–Trinajstić information content (AvgIpc) is 3.13. The molecule has 0 unspecified atom stereocenters. The minimum Gasteiger partial charge on any atom is -0.324 e. The summed E-state index contributed by atoms with van der Waals surface area (Å²) >= 11 is 0. The number of anilines is 1. The Labute approximate surface area is 170 Å². The molecule has 4 rings (SSSR count). The molecule has 0 bridgehead atoms. The largest absolute Gasteiger partial charge is 0.324 e. The van der Waals surface area contributed by atoms with Gasteiger partial charge in [0.25, 0.3) is 5.91 Å². The van der Waals surface area contributed by atoms with Gasteiger partial charge < -0.3 is 10.2 Å². The van der Waals surface area contributed by atoms with Gasteiger partial charge in [-0.15, -0.1) is 6.42 Å². The van der Waals surface area contributed by atoms with Crippen LogP contribution in [0.3, 0.4) is 0 Å². The van der Waals surface area contributed by atoms with Crippen LogP contribution in [0.1, 0.15) is 48.0 Å². The number of likely N-dealkylation sites (tertiary alicyclic amines) is 1. The maximum atomic E-state index is 13.3. The summed E-state index contributed by atoms with van der Waals surface area (Å²) in [6.45, 7) is 0. The first-order chi connectivity index (χ1) is 14.1. The van der Waals surface area contributed by atoms with Gasteiger partial charge in [0, 0.05) is 22.9 Å². The number of benzene rings is 2. The first kappa shape index (κ1) is 19.2. The van der Waals surface area contributed by atoms with Crippen molar-refractivity contribution in [3.8, 4) is 12.3 Å². The molecule has 29 heavy (non-hydrogen) atoms. The summed E-state index contributed by atoms with van der Waals surface area (Å²) in [6, 6.07) is 12.1. The van der Waals surface area contributed by atoms with Crippen LogP contribution in [-0.4, -0.2) is 28.8 Å². The average molecular weight is 390 g/mol. The van der Waals surface area contributed by atoms with E-state index in [2.05, 4.69) is 11.2 Å². The van der Waals surface area contributed by atoms with E-state index < -0.39 is 6.04 Å². The molecular formula is C24H23FN2O2. The lowest BCUT2D eigenvalue weighted by Gasteiger charge is -2.33. The molecule has 1 aliphatic carbocycles. The van der Waals surface area contributed by atoms with Crippen molar-refractivity contribution in [2.45, 2.75) is 44.2 Å². The Balaban J connectivity index is 1.60. The number of amides is 2. The van der Waals surface area contributed by atoms with Gasteiger partial charge in [-0.1, -0.05) is 24.8 Å². The highest BCUT2D eigenvalue weighted by Gasteiger charge is 2.47. The second kappa shape index (κ2) is 8.08. The predicted molar refractivity (Wildman–Crippen MR) is 110 cm³/mol. The van der Waals surface area contributed by atoms with Crippen molar-refractivity contribution in [1.29, 1.82) is 0 Å². The standard InChI is InChI=1S/C24H23FN2O2/c1-2-16-6-5-8-20(14-16)26-23(28)22-15-18-7-3-4-9-21(18)27(22)24(29)17-10-12-19(25)13-11-17/h1,5-6,8,10-14,18,21-22H,3-4,7,9,15H2,(H,26,28)/t18-,21-,22+/m1/s1. The maximum Gasteiger partial charge on any atom is 0.254 e. The zero-order valence-corrected chi connectivity index (χ0v) is 16.1. The summed E-state index contributed by atoms with van der Waals surface area (Å²) in [7, 11) is 0. The van der Waals surface area contributed by atoms with Gasteiger partial charge in [0.1, 0.15) is 11.9 Å². The Morgan fingerprint density at radius 2 is 1.86 bits per heavy atom. The van der Waals surface area contributed by atoms with Gasteiger partial charge in [-0.2, -0.15) is 0 Å². The van der Waals surface area contributed by atoms with Gasteiger partial charge in [0.05, 0.1) is 0 Å². The highest BCUT2D eigenvalue weighted by molar-refractivity contribution is 6.02. The first-order valence-corrected chi connectivity index (χ1v) is 10.0. The molecule has 2 amide bonds. The van der Waals surface area contributed by atoms with Crippen molar-refractivity contribution in [3.63, 3.8) is 0 Å². The van der Waals surface area contributed by atoms with Crippen LogP contribution in [0.5, 0.6) is 0 Å². The summed E-state index contributed by atoms with van der Waals surface area (Å²) in [4.78, 5) is 28.2. The Kier molecular flexibility index (Phi) is 5.35. The highest BCUT2D eigenvalue weighted by Crippen LogP contribution is 2.40. The lowest BCUT2D eigenvalue weighted by atomic mass is 9.84. The maximum absolute atomic E-state index is 13.3. The zero-order chi connectivity index (χ0) is 20.4. The zero-order valence-electron chi connectivity index (χ0n) is 16.1. The normalized spacial score (nSPS) is 23.2. The predicted octanol–water partition coefficient (Wildman–Crippen LogP) is 4.22. The van der Waals surface area contributed by atoms with E-state index in [0.29, 0.717) is 29.2 Å². The van der Waals surface area contributed by atoms with Crippen LogP contribution >= 0.6 is 0 Å². The summed E-state index contributed by atoms with van der Waals surface area (Å²) in [5.74, 6) is 2.07. The molecule has 2 aromatic carbocycles. The van der Waals surface area contributed by atoms with E-state index in [1.807, 2.05) is 0 Å². The van der Waals surface area contributed by atoms with Crippen LogP contribution in [0.2, 0.25) is 0 Å². The minimum absolute atomic E-state index is 0.0501. The fourth-order valence-corrected chi connectivity index (χ4v) is 4.64. The highest BCUT2D eigenvalue weighted by atomic mass is 19.1. The number of fused-ring (bicyclic) bond motifs is 1. The second-order valence-corrected chi connectivity index (χ2v) is 7.80. The second-order valence-electron chi connectivity index (χ2n) is 7.80. The quantitative estimate of drug-likeness (QED) is 0.798. The van der Waals surface area contributed by atoms with Crippen molar-refractivity contribution < 1.29 is 14.0 Å². The fraction of sp³-hybridized carbons (Fsp3) is 0.333. The number of carbonyl (C=O) groups excluding carboxylic acids is 2. The molecule has 2 fully saturated rings. The third-order valence-electron chi connectivity index (χ3n) is 6.01. The van der Waals surface area contributed by atoms with Gasteiger partial charge in [-0.05, 0) is 67.6 Å². The molecule has 1 saturated carbocycles. The van der Waals surface area contributed by atoms with Crippen LogP contribution in [0.4, 0.5) is 10.1 Å². The Bertz CT molecular complexity index is 964. The van der Waals surface area contributed by atoms with Gasteiger partial charge >= 0.3 is 0 Å². The van der Waals surface area contributed by atoms with Gasteiger partial charge in [-0.3, -0.25) is 9.59 Å². The van der Waals surface area contributed by atoms with E-state index in [1.165, 1.54) is 24.3 Å². The third kappa shape index (κ3) is 3.88. The van der Waals surface area contributed by atoms with E-state index in [1.54, 1.807) is 29.2 Å². The van der Waals surface area contributed by atoms with E-state index in [0.717, 1.165) is 25.7 Å². The SMILES string of the molecule is C#Cc1cccc(NC(=O)[C@@H]2C[C@H]3CCCC[C@H]3N2C(=O)c2ccc(F)cc2)c1. The monoisotopic (exact) mass is 390 g/mol. The smallest absolute Gasteiger partial charge is 0.254 e. The van der Waals surface area contributed by atoms with Gasteiger partial charge in [0.2, 0.25) is 5.91 Å². The van der Waals surface area contributed by atoms with E-state index in [-0.39, 0.29) is 23.7 Å². The number of nitrogens with zero attached hydrogens (tertiary/aromatic N) is 1. The van der Waals surface area contributed by atoms with Crippen LogP contribution in [-0.2, 0) is 4.79 Å². The number of hydrogen-bond acceptors (Lipinski definition) is 2. The molecule has 4 nitrogen and oxygen atoms in total. The molecule has 1 N–H and O–H groups in total. The van der Waals surface area contributed by atoms with E-state index >= 15 is 0 Å². The van der Waals surface area contributed by atoms with Crippen LogP contribution in [0.25, 0.3) is 0 Å². The lowest BCUT2D eigenvalue weighted by molar-refractivity contribution is -0.120. The Hall–Kier alpha value is -3.13. The van der Waals surface area contributed by atoms with Crippen molar-refractivity contribution in [2.75, 3.05) is 5.32 Å². The van der Waals surface area contributed by atoms with Gasteiger partial charge in [-0.25, -0.2) is 4.39 Å². The molecule has 1 aliphatic heterocycles. The van der Waals surface area contributed by atoms with E-state index in [4.69, 9.17) is 6.42 Å². The van der Waals surface area contributed by atoms with Crippen molar-refractivity contribution in [2.24, 2.45) is 5.92 Å². The summed E-state index contributed by atoms with van der Waals surface area (Å²) in [6.07, 6.45) is 10.2. The van der Waals surface area contributed by atoms with E-state index in [9.17, 15) is 14.0 Å². The van der Waals surface area contributed by atoms with Gasteiger partial charge in [0.15, 0.2) is 0 Å². The topological polar surface area (TPSA) is 49.4 Å². The molecule has 2 aromatic rings. The minimum atomic E-state index is -0.546. The number of rotatable bonds is 3. The molecule has 0 radical (unpaired) electrons. The molecule has 148 valence electrons. The molecule has 2 aliphatic rings. The summed E-state index contributed by atoms with van der Waals surface area (Å²) in [5.41, 5.74) is 1.71. The molecule has 0 spiro atoms. The molecule has 3 atom stereocenters. The molecular weight excluding hydrogens is 367 g/mol. The number of carbonyl (C=O) groups is 2. The summed E-state index contributed by atoms with van der Waals surface area (Å²) < 4.78 is 13.3. The Morgan fingerprint density at radius 3 is 2.62 bits per heavy atom. The molecule has 5 heteroatoms. The summed E-state index contributed by atoms with van der Waals surface area (Å²) in [5, 5.41) is 2.93. The third-order valence-corrected chi connectivity index (χ3v) is 6.01.